The van der Waals surface area contributed by atoms with E-state index >= 15 is 0 Å². The van der Waals surface area contributed by atoms with Gasteiger partial charge in [0.05, 0.1) is 9.01 Å². The maximum Gasteiger partial charge on any atom is 0.241 e. The number of nitrogens with one attached hydrogen (secondary N) is 3. The third kappa shape index (κ3) is 7.88. The molecule has 1 aliphatic rings. The van der Waals surface area contributed by atoms with Crippen molar-refractivity contribution in [3.63, 3.8) is 0 Å². The zero-order chi connectivity index (χ0) is 29.1. The molecule has 10 heteroatoms. The van der Waals surface area contributed by atoms with Crippen LogP contribution in [0.3, 0.4) is 0 Å². The van der Waals surface area contributed by atoms with Crippen molar-refractivity contribution in [2.75, 3.05) is 36.8 Å². The largest absolute Gasteiger partial charge is 0.492 e. The predicted molar refractivity (Wildman–Crippen MR) is 147 cm³/mol. The standard InChI is InChI=1S/C27H36N6O3S/c1-20-19-28-26(30-21-10-12-23(13-11-21)36-17-16-33-14-5-6-15-33)31-25(20)29-22-8-7-9-24(18-22)37(34,35)32-27(2,3)4/h7-13,18-19,32H,5-6,14-17H2,1-4H3,(H2,28,29,30,31)/i17D2,19D. The number of nitrogens with zero attached hydrogens (tertiary/aromatic N) is 3. The lowest BCUT2D eigenvalue weighted by Gasteiger charge is -2.20. The van der Waals surface area contributed by atoms with E-state index in [0.29, 0.717) is 28.5 Å². The van der Waals surface area contributed by atoms with Crippen molar-refractivity contribution < 1.29 is 17.3 Å². The molecular formula is C27H36N6O3S. The highest BCUT2D eigenvalue weighted by Crippen LogP contribution is 2.24. The van der Waals surface area contributed by atoms with Crippen molar-refractivity contribution in [2.24, 2.45) is 0 Å². The Morgan fingerprint density at radius 3 is 2.51 bits per heavy atom. The lowest BCUT2D eigenvalue weighted by molar-refractivity contribution is 0.238. The number of aromatic nitrogens is 2. The number of hydrogen-bond donors (Lipinski definition) is 3. The fourth-order valence-corrected chi connectivity index (χ4v) is 5.27. The molecule has 9 nitrogen and oxygen atoms in total. The molecule has 1 saturated heterocycles. The molecule has 0 saturated carbocycles. The molecule has 0 aliphatic carbocycles. The normalized spacial score (nSPS) is 16.1. The van der Waals surface area contributed by atoms with Crippen LogP contribution in [-0.4, -0.2) is 55.0 Å². The van der Waals surface area contributed by atoms with E-state index in [9.17, 15) is 8.42 Å². The molecule has 0 radical (unpaired) electrons. The van der Waals surface area contributed by atoms with Crippen LogP contribution < -0.4 is 20.1 Å². The first kappa shape index (κ1) is 22.9. The van der Waals surface area contributed by atoms with E-state index in [-0.39, 0.29) is 23.6 Å². The van der Waals surface area contributed by atoms with Crippen LogP contribution in [0.2, 0.25) is 0 Å². The van der Waals surface area contributed by atoms with Crippen LogP contribution in [0.15, 0.2) is 59.6 Å². The smallest absolute Gasteiger partial charge is 0.241 e. The molecule has 198 valence electrons. The molecule has 0 spiro atoms. The lowest BCUT2D eigenvalue weighted by Crippen LogP contribution is -2.40. The Labute approximate surface area is 223 Å². The van der Waals surface area contributed by atoms with Gasteiger partial charge in [-0.15, -0.1) is 0 Å². The highest BCUT2D eigenvalue weighted by molar-refractivity contribution is 7.89. The highest BCUT2D eigenvalue weighted by atomic mass is 32.2. The van der Waals surface area contributed by atoms with E-state index in [2.05, 4.69) is 30.2 Å². The number of likely N-dealkylation sites (tertiary alicyclic amines) is 1. The Kier molecular flexibility index (Phi) is 7.10. The molecule has 0 amide bonds. The summed E-state index contributed by atoms with van der Waals surface area (Å²) in [6.45, 7) is 7.21. The van der Waals surface area contributed by atoms with Gasteiger partial charge in [-0.05, 0) is 96.1 Å². The van der Waals surface area contributed by atoms with Crippen molar-refractivity contribution in [1.29, 1.82) is 0 Å². The second-order valence-electron chi connectivity index (χ2n) is 10.0. The fraction of sp³-hybridized carbons (Fsp3) is 0.407. The van der Waals surface area contributed by atoms with Crippen molar-refractivity contribution in [2.45, 2.75) is 51.0 Å². The van der Waals surface area contributed by atoms with Gasteiger partial charge in [-0.25, -0.2) is 18.1 Å². The number of hydrogen-bond acceptors (Lipinski definition) is 8. The quantitative estimate of drug-likeness (QED) is 0.344. The topological polar surface area (TPSA) is 108 Å². The first-order chi connectivity index (χ1) is 18.7. The zero-order valence-electron chi connectivity index (χ0n) is 24.6. The van der Waals surface area contributed by atoms with E-state index in [1.807, 2.05) is 0 Å². The van der Waals surface area contributed by atoms with E-state index in [4.69, 9.17) is 8.85 Å². The predicted octanol–water partition coefficient (Wildman–Crippen LogP) is 4.82. The summed E-state index contributed by atoms with van der Waals surface area (Å²) in [4.78, 5) is 10.9. The maximum atomic E-state index is 12.8. The van der Waals surface area contributed by atoms with Crippen LogP contribution in [-0.2, 0) is 10.0 Å². The van der Waals surface area contributed by atoms with E-state index in [0.717, 1.165) is 25.9 Å². The molecule has 1 aromatic heterocycles. The minimum absolute atomic E-state index is 0.00763. The first-order valence-corrected chi connectivity index (χ1v) is 13.7. The molecule has 37 heavy (non-hydrogen) atoms. The number of anilines is 4. The SMILES string of the molecule is [2H]c1nc(Nc2ccc(OC([2H])([2H])CN3CCCC3)cc2)nc(Nc2cccc(S(=O)(=O)NC(C)(C)C)c2)c1C. The van der Waals surface area contributed by atoms with Crippen LogP contribution in [0.5, 0.6) is 5.75 Å². The minimum atomic E-state index is -3.73. The molecule has 1 fully saturated rings. The third-order valence-electron chi connectivity index (χ3n) is 5.54. The number of ether oxygens (including phenoxy) is 1. The number of sulfonamides is 1. The van der Waals surface area contributed by atoms with Gasteiger partial charge < -0.3 is 15.4 Å². The minimum Gasteiger partial charge on any atom is -0.492 e. The zero-order valence-corrected chi connectivity index (χ0v) is 22.4. The van der Waals surface area contributed by atoms with E-state index in [1.54, 1.807) is 64.1 Å². The molecule has 2 aromatic carbocycles. The van der Waals surface area contributed by atoms with Crippen molar-refractivity contribution in [3.05, 3.63) is 60.3 Å². The van der Waals surface area contributed by atoms with Crippen LogP contribution in [0, 0.1) is 6.92 Å². The molecule has 0 atom stereocenters. The van der Waals surface area contributed by atoms with Crippen LogP contribution in [0.1, 0.15) is 43.3 Å². The number of rotatable bonds is 10. The molecule has 0 bridgehead atoms. The monoisotopic (exact) mass is 527 g/mol. The van der Waals surface area contributed by atoms with E-state index < -0.39 is 22.1 Å². The molecule has 3 aromatic rings. The van der Waals surface area contributed by atoms with Gasteiger partial charge in [-0.3, -0.25) is 4.90 Å². The second kappa shape index (κ2) is 11.5. The summed E-state index contributed by atoms with van der Waals surface area (Å²) in [6, 6.07) is 13.1. The Morgan fingerprint density at radius 1 is 1.08 bits per heavy atom. The van der Waals surface area contributed by atoms with Crippen molar-refractivity contribution in [3.8, 4) is 5.75 Å². The average Bonchev–Trinajstić information content (AvgIpc) is 3.34. The summed E-state index contributed by atoms with van der Waals surface area (Å²) in [5.74, 6) is 0.934. The molecule has 0 unspecified atom stereocenters. The maximum absolute atomic E-state index is 12.8. The Morgan fingerprint density at radius 2 is 1.81 bits per heavy atom. The van der Waals surface area contributed by atoms with Crippen molar-refractivity contribution in [1.82, 2.24) is 19.6 Å². The molecule has 4 rings (SSSR count). The molecule has 1 aliphatic heterocycles. The van der Waals surface area contributed by atoms with Gasteiger partial charge in [0.15, 0.2) is 0 Å². The Bertz CT molecular complexity index is 1440. The summed E-state index contributed by atoms with van der Waals surface area (Å²) in [5.41, 5.74) is 0.989. The van der Waals surface area contributed by atoms with Crippen LogP contribution in [0.25, 0.3) is 0 Å². The Hall–Kier alpha value is -3.21. The van der Waals surface area contributed by atoms with Gasteiger partial charge in [0, 0.05) is 35.2 Å². The van der Waals surface area contributed by atoms with Gasteiger partial charge in [0.1, 0.15) is 18.1 Å². The Balaban J connectivity index is 1.46. The summed E-state index contributed by atoms with van der Waals surface area (Å²) in [7, 11) is -3.73. The summed E-state index contributed by atoms with van der Waals surface area (Å²) >= 11 is 0. The van der Waals surface area contributed by atoms with Gasteiger partial charge in [0.2, 0.25) is 16.0 Å². The van der Waals surface area contributed by atoms with Gasteiger partial charge in [-0.2, -0.15) is 4.98 Å². The molecular weight excluding hydrogens is 488 g/mol. The number of benzene rings is 2. The molecule has 3 N–H and O–H groups in total. The first-order valence-electron chi connectivity index (χ1n) is 13.7. The average molecular weight is 528 g/mol. The lowest BCUT2D eigenvalue weighted by atomic mass is 10.1. The van der Waals surface area contributed by atoms with Crippen LogP contribution >= 0.6 is 0 Å². The second-order valence-corrected chi connectivity index (χ2v) is 11.7. The van der Waals surface area contributed by atoms with Gasteiger partial charge in [0.25, 0.3) is 0 Å². The highest BCUT2D eigenvalue weighted by Gasteiger charge is 2.22. The van der Waals surface area contributed by atoms with Crippen molar-refractivity contribution >= 4 is 33.2 Å². The fourth-order valence-electron chi connectivity index (χ4n) is 3.80. The van der Waals surface area contributed by atoms with Gasteiger partial charge >= 0.3 is 0 Å². The molecule has 2 heterocycles. The van der Waals surface area contributed by atoms with Crippen LogP contribution in [0.4, 0.5) is 23.1 Å². The van der Waals surface area contributed by atoms with E-state index in [1.165, 1.54) is 12.1 Å². The van der Waals surface area contributed by atoms with Gasteiger partial charge in [-0.1, -0.05) is 6.07 Å². The summed E-state index contributed by atoms with van der Waals surface area (Å²) in [6.07, 6.45) is 2.17. The summed E-state index contributed by atoms with van der Waals surface area (Å²) < 4.78 is 58.5. The summed E-state index contributed by atoms with van der Waals surface area (Å²) in [5, 5.41) is 6.17. The third-order valence-corrected chi connectivity index (χ3v) is 7.29.